The molecule has 0 radical (unpaired) electrons. The van der Waals surface area contributed by atoms with E-state index < -0.39 is 11.2 Å². The van der Waals surface area contributed by atoms with Gasteiger partial charge in [-0.25, -0.2) is 4.79 Å². The normalized spacial score (nSPS) is 12.6. The zero-order valence-electron chi connectivity index (χ0n) is 12.0. The standard InChI is InChI=1S/C13H19N3O4/c1-9(8-20-4)14-11(17)6-5-10-7-15(2)13(19)16(3)12(10)18/h5-7,9H,8H2,1-4H3,(H,14,17)/b6-5+. The second kappa shape index (κ2) is 6.85. The minimum atomic E-state index is -0.443. The van der Waals surface area contributed by atoms with E-state index in [-0.39, 0.29) is 17.5 Å². The summed E-state index contributed by atoms with van der Waals surface area (Å²) in [5.74, 6) is -0.328. The first kappa shape index (κ1) is 15.9. The number of amides is 1. The number of rotatable bonds is 5. The predicted molar refractivity (Wildman–Crippen MR) is 75.4 cm³/mol. The summed E-state index contributed by atoms with van der Waals surface area (Å²) in [6, 6.07) is -0.125. The number of carbonyl (C=O) groups is 1. The summed E-state index contributed by atoms with van der Waals surface area (Å²) in [6.45, 7) is 2.21. The van der Waals surface area contributed by atoms with Crippen molar-refractivity contribution in [3.63, 3.8) is 0 Å². The van der Waals surface area contributed by atoms with Crippen LogP contribution in [-0.2, 0) is 23.6 Å². The molecule has 1 heterocycles. The Morgan fingerprint density at radius 1 is 1.45 bits per heavy atom. The third-order valence-electron chi connectivity index (χ3n) is 2.69. The van der Waals surface area contributed by atoms with Crippen molar-refractivity contribution in [1.29, 1.82) is 0 Å². The van der Waals surface area contributed by atoms with E-state index in [0.29, 0.717) is 6.61 Å². The average molecular weight is 281 g/mol. The fourth-order valence-electron chi connectivity index (χ4n) is 1.70. The fourth-order valence-corrected chi connectivity index (χ4v) is 1.70. The number of hydrogen-bond donors (Lipinski definition) is 1. The van der Waals surface area contributed by atoms with Gasteiger partial charge in [0, 0.05) is 39.5 Å². The van der Waals surface area contributed by atoms with Gasteiger partial charge in [-0.1, -0.05) is 0 Å². The Morgan fingerprint density at radius 2 is 2.10 bits per heavy atom. The van der Waals surface area contributed by atoms with Crippen LogP contribution in [0.1, 0.15) is 12.5 Å². The molecule has 1 unspecified atom stereocenters. The van der Waals surface area contributed by atoms with Gasteiger partial charge >= 0.3 is 5.69 Å². The Kier molecular flexibility index (Phi) is 5.45. The molecule has 1 atom stereocenters. The van der Waals surface area contributed by atoms with Crippen molar-refractivity contribution in [3.05, 3.63) is 38.7 Å². The highest BCUT2D eigenvalue weighted by Gasteiger charge is 2.06. The predicted octanol–water partition coefficient (Wildman–Crippen LogP) is -0.752. The number of ether oxygens (including phenoxy) is 1. The van der Waals surface area contributed by atoms with Crippen LogP contribution in [-0.4, -0.2) is 34.8 Å². The van der Waals surface area contributed by atoms with E-state index in [1.54, 1.807) is 21.1 Å². The van der Waals surface area contributed by atoms with E-state index in [1.165, 1.54) is 30.0 Å². The van der Waals surface area contributed by atoms with Crippen LogP contribution < -0.4 is 16.6 Å². The number of aryl methyl sites for hydroxylation is 1. The van der Waals surface area contributed by atoms with Crippen molar-refractivity contribution in [3.8, 4) is 0 Å². The van der Waals surface area contributed by atoms with Crippen LogP contribution in [0.2, 0.25) is 0 Å². The Balaban J connectivity index is 2.89. The molecule has 1 aromatic heterocycles. The molecule has 20 heavy (non-hydrogen) atoms. The molecule has 0 aliphatic heterocycles. The first-order chi connectivity index (χ1) is 9.36. The maximum Gasteiger partial charge on any atom is 0.330 e. The van der Waals surface area contributed by atoms with E-state index in [0.717, 1.165) is 4.57 Å². The van der Waals surface area contributed by atoms with E-state index in [1.807, 2.05) is 0 Å². The van der Waals surface area contributed by atoms with Gasteiger partial charge in [-0.05, 0) is 13.0 Å². The number of nitrogens with zero attached hydrogens (tertiary/aromatic N) is 2. The summed E-state index contributed by atoms with van der Waals surface area (Å²) in [5.41, 5.74) is -0.587. The smallest absolute Gasteiger partial charge is 0.330 e. The number of hydrogen-bond acceptors (Lipinski definition) is 4. The molecule has 1 N–H and O–H groups in total. The van der Waals surface area contributed by atoms with Gasteiger partial charge in [-0.2, -0.15) is 0 Å². The summed E-state index contributed by atoms with van der Waals surface area (Å²) < 4.78 is 7.18. The van der Waals surface area contributed by atoms with Crippen LogP contribution in [0.4, 0.5) is 0 Å². The van der Waals surface area contributed by atoms with Crippen molar-refractivity contribution >= 4 is 12.0 Å². The Hall–Kier alpha value is -2.15. The topological polar surface area (TPSA) is 82.3 Å². The van der Waals surface area contributed by atoms with Gasteiger partial charge in [-0.3, -0.25) is 14.2 Å². The Morgan fingerprint density at radius 3 is 2.70 bits per heavy atom. The van der Waals surface area contributed by atoms with Gasteiger partial charge in [0.1, 0.15) is 0 Å². The Bertz CT molecular complexity index is 627. The maximum absolute atomic E-state index is 11.8. The molecule has 7 nitrogen and oxygen atoms in total. The SMILES string of the molecule is COCC(C)NC(=O)/C=C/c1cn(C)c(=O)n(C)c1=O. The zero-order valence-corrected chi connectivity index (χ0v) is 12.0. The largest absolute Gasteiger partial charge is 0.383 e. The summed E-state index contributed by atoms with van der Waals surface area (Å²) >= 11 is 0. The van der Waals surface area contributed by atoms with E-state index in [9.17, 15) is 14.4 Å². The molecule has 7 heteroatoms. The van der Waals surface area contributed by atoms with Gasteiger partial charge in [0.2, 0.25) is 5.91 Å². The van der Waals surface area contributed by atoms with Crippen LogP contribution in [0.25, 0.3) is 6.08 Å². The van der Waals surface area contributed by atoms with Gasteiger partial charge < -0.3 is 14.6 Å². The maximum atomic E-state index is 11.8. The number of methoxy groups -OCH3 is 1. The highest BCUT2D eigenvalue weighted by molar-refractivity contribution is 5.91. The lowest BCUT2D eigenvalue weighted by atomic mass is 10.3. The minimum absolute atomic E-state index is 0.125. The summed E-state index contributed by atoms with van der Waals surface area (Å²) in [7, 11) is 4.48. The third-order valence-corrected chi connectivity index (χ3v) is 2.69. The van der Waals surface area contributed by atoms with Crippen molar-refractivity contribution in [2.24, 2.45) is 14.1 Å². The van der Waals surface area contributed by atoms with Gasteiger partial charge in [0.05, 0.1) is 12.2 Å². The zero-order chi connectivity index (χ0) is 15.3. The number of carbonyl (C=O) groups excluding carboxylic acids is 1. The van der Waals surface area contributed by atoms with Gasteiger partial charge in [0.15, 0.2) is 0 Å². The molecule has 0 aliphatic carbocycles. The molecule has 0 aliphatic rings. The molecule has 0 saturated carbocycles. The van der Waals surface area contributed by atoms with Gasteiger partial charge in [-0.15, -0.1) is 0 Å². The summed E-state index contributed by atoms with van der Waals surface area (Å²) in [4.78, 5) is 35.0. The molecule has 0 saturated heterocycles. The van der Waals surface area contributed by atoms with Crippen LogP contribution in [0.3, 0.4) is 0 Å². The summed E-state index contributed by atoms with van der Waals surface area (Å²) in [5, 5.41) is 2.68. The van der Waals surface area contributed by atoms with Crippen LogP contribution >= 0.6 is 0 Å². The van der Waals surface area contributed by atoms with Crippen LogP contribution in [0.5, 0.6) is 0 Å². The number of nitrogens with one attached hydrogen (secondary N) is 1. The second-order valence-corrected chi connectivity index (χ2v) is 4.54. The molecule has 0 fully saturated rings. The molecule has 0 aromatic carbocycles. The minimum Gasteiger partial charge on any atom is -0.383 e. The van der Waals surface area contributed by atoms with E-state index in [4.69, 9.17) is 4.74 Å². The Labute approximate surface area is 116 Å². The van der Waals surface area contributed by atoms with Crippen molar-refractivity contribution < 1.29 is 9.53 Å². The third kappa shape index (κ3) is 3.92. The van der Waals surface area contributed by atoms with Crippen LogP contribution in [0.15, 0.2) is 21.9 Å². The monoisotopic (exact) mass is 281 g/mol. The highest BCUT2D eigenvalue weighted by Crippen LogP contribution is 1.93. The highest BCUT2D eigenvalue weighted by atomic mass is 16.5. The average Bonchev–Trinajstić information content (AvgIpc) is 2.39. The molecular formula is C13H19N3O4. The molecule has 110 valence electrons. The van der Waals surface area contributed by atoms with Crippen molar-refractivity contribution in [2.75, 3.05) is 13.7 Å². The lowest BCUT2D eigenvalue weighted by molar-refractivity contribution is -0.117. The second-order valence-electron chi connectivity index (χ2n) is 4.54. The van der Waals surface area contributed by atoms with Crippen molar-refractivity contribution in [1.82, 2.24) is 14.5 Å². The molecule has 1 aromatic rings. The summed E-state index contributed by atoms with van der Waals surface area (Å²) in [6.07, 6.45) is 4.04. The first-order valence-electron chi connectivity index (χ1n) is 6.11. The lowest BCUT2D eigenvalue weighted by Crippen LogP contribution is -2.37. The van der Waals surface area contributed by atoms with E-state index in [2.05, 4.69) is 5.32 Å². The molecular weight excluding hydrogens is 262 g/mol. The molecule has 0 bridgehead atoms. The lowest BCUT2D eigenvalue weighted by Gasteiger charge is -2.10. The fraction of sp³-hybridized carbons (Fsp3) is 0.462. The van der Waals surface area contributed by atoms with E-state index >= 15 is 0 Å². The van der Waals surface area contributed by atoms with Gasteiger partial charge in [0.25, 0.3) is 5.56 Å². The molecule has 1 amide bonds. The number of aromatic nitrogens is 2. The van der Waals surface area contributed by atoms with Crippen molar-refractivity contribution in [2.45, 2.75) is 13.0 Å². The van der Waals surface area contributed by atoms with Crippen LogP contribution in [0, 0.1) is 0 Å². The first-order valence-corrected chi connectivity index (χ1v) is 6.11. The quantitative estimate of drug-likeness (QED) is 0.720. The molecule has 1 rings (SSSR count). The molecule has 0 spiro atoms.